The van der Waals surface area contributed by atoms with E-state index in [1.807, 2.05) is 24.3 Å². The number of rotatable bonds is 2. The molecule has 22 heavy (non-hydrogen) atoms. The number of hydrogen-bond donors (Lipinski definition) is 0. The summed E-state index contributed by atoms with van der Waals surface area (Å²) in [6, 6.07) is -0.285. The monoisotopic (exact) mass is 323 g/mol. The average Bonchev–Trinajstić information content (AvgIpc) is 3.15. The normalized spacial score (nSPS) is 22.3. The Balaban J connectivity index is 1.59. The van der Waals surface area contributed by atoms with E-state index in [4.69, 9.17) is 0 Å². The molecule has 3 heterocycles. The molecule has 0 N–H and O–H groups in total. The maximum absolute atomic E-state index is 12.6. The predicted molar refractivity (Wildman–Crippen MR) is 85.6 cm³/mol. The van der Waals surface area contributed by atoms with Crippen molar-refractivity contribution in [3.8, 4) is 0 Å². The van der Waals surface area contributed by atoms with Crippen LogP contribution in [-0.4, -0.2) is 75.2 Å². The van der Waals surface area contributed by atoms with E-state index in [2.05, 4.69) is 10.00 Å². The summed E-state index contributed by atoms with van der Waals surface area (Å²) in [4.78, 5) is 30.1. The van der Waals surface area contributed by atoms with Gasteiger partial charge in [-0.1, -0.05) is 0 Å². The number of carbonyl (C=O) groups is 2. The smallest absolute Gasteiger partial charge is 0.246 e. The topological polar surface area (TPSA) is 61.7 Å². The minimum Gasteiger partial charge on any atom is -0.365 e. The first kappa shape index (κ1) is 15.2. The van der Waals surface area contributed by atoms with E-state index in [-0.39, 0.29) is 17.9 Å². The third kappa shape index (κ3) is 2.92. The number of amides is 2. The number of piperazine rings is 1. The Morgan fingerprint density at radius 1 is 1.27 bits per heavy atom. The molecule has 0 radical (unpaired) electrons. The predicted octanol–water partition coefficient (Wildman–Crippen LogP) is -0.00990. The number of aromatic nitrogens is 2. The summed E-state index contributed by atoms with van der Waals surface area (Å²) in [6.45, 7) is 4.53. The van der Waals surface area contributed by atoms with Crippen LogP contribution in [0.4, 0.5) is 5.69 Å². The molecule has 1 unspecified atom stereocenters. The van der Waals surface area contributed by atoms with Crippen molar-refractivity contribution in [3.63, 3.8) is 0 Å². The fourth-order valence-electron chi connectivity index (χ4n) is 2.92. The Labute approximate surface area is 134 Å². The molecule has 0 aliphatic carbocycles. The summed E-state index contributed by atoms with van der Waals surface area (Å²) >= 11 is 1.65. The largest absolute Gasteiger partial charge is 0.365 e. The van der Waals surface area contributed by atoms with Crippen molar-refractivity contribution in [2.24, 2.45) is 7.05 Å². The Morgan fingerprint density at radius 3 is 2.59 bits per heavy atom. The lowest BCUT2D eigenvalue weighted by Gasteiger charge is -2.37. The zero-order valence-corrected chi connectivity index (χ0v) is 13.8. The summed E-state index contributed by atoms with van der Waals surface area (Å²) in [5.41, 5.74) is 1.09. The van der Waals surface area contributed by atoms with E-state index >= 15 is 0 Å². The Bertz CT molecular complexity index is 567. The molecule has 0 spiro atoms. The summed E-state index contributed by atoms with van der Waals surface area (Å²) in [5.74, 6) is 1.41. The van der Waals surface area contributed by atoms with Gasteiger partial charge in [-0.3, -0.25) is 14.3 Å². The number of anilines is 1. The lowest BCUT2D eigenvalue weighted by molar-refractivity contribution is -0.142. The van der Waals surface area contributed by atoms with Crippen LogP contribution in [-0.2, 0) is 16.6 Å². The molecule has 0 saturated carbocycles. The van der Waals surface area contributed by atoms with Gasteiger partial charge in [-0.2, -0.15) is 5.10 Å². The van der Waals surface area contributed by atoms with Gasteiger partial charge in [-0.25, -0.2) is 0 Å². The molecule has 0 aromatic carbocycles. The summed E-state index contributed by atoms with van der Waals surface area (Å²) in [7, 11) is 1.90. The standard InChI is InChI=1S/C14H21N5O2S/c1-11(20)19-10-22-9-13(19)14(21)18-5-3-17(4-6-18)12-7-15-16(2)8-12/h7-8,13H,3-6,9-10H2,1-2H3. The van der Waals surface area contributed by atoms with E-state index in [0.29, 0.717) is 24.7 Å². The van der Waals surface area contributed by atoms with Crippen molar-refractivity contribution in [1.82, 2.24) is 19.6 Å². The van der Waals surface area contributed by atoms with Crippen LogP contribution in [0.15, 0.2) is 12.4 Å². The van der Waals surface area contributed by atoms with Crippen LogP contribution in [0.3, 0.4) is 0 Å². The molecule has 1 aromatic heterocycles. The molecule has 0 bridgehead atoms. The van der Waals surface area contributed by atoms with E-state index in [1.165, 1.54) is 6.92 Å². The Kier molecular flexibility index (Phi) is 4.28. The average molecular weight is 323 g/mol. The van der Waals surface area contributed by atoms with E-state index in [9.17, 15) is 9.59 Å². The first-order chi connectivity index (χ1) is 10.6. The SMILES string of the molecule is CC(=O)N1CSCC1C(=O)N1CCN(c2cnn(C)c2)CC1. The maximum atomic E-state index is 12.6. The van der Waals surface area contributed by atoms with E-state index in [1.54, 1.807) is 21.3 Å². The van der Waals surface area contributed by atoms with Gasteiger partial charge >= 0.3 is 0 Å². The van der Waals surface area contributed by atoms with Gasteiger partial charge in [0.15, 0.2) is 0 Å². The molecule has 2 aliphatic heterocycles. The van der Waals surface area contributed by atoms with Crippen LogP contribution >= 0.6 is 11.8 Å². The Morgan fingerprint density at radius 2 is 2.00 bits per heavy atom. The molecule has 2 fully saturated rings. The van der Waals surface area contributed by atoms with Crippen LogP contribution < -0.4 is 4.90 Å². The molecular formula is C14H21N5O2S. The molecule has 2 aliphatic rings. The van der Waals surface area contributed by atoms with Crippen molar-refractivity contribution < 1.29 is 9.59 Å². The van der Waals surface area contributed by atoms with Gasteiger partial charge in [0, 0.05) is 52.1 Å². The first-order valence-corrected chi connectivity index (χ1v) is 8.59. The maximum Gasteiger partial charge on any atom is 0.246 e. The summed E-state index contributed by atoms with van der Waals surface area (Å²) < 4.78 is 1.79. The first-order valence-electron chi connectivity index (χ1n) is 7.43. The van der Waals surface area contributed by atoms with E-state index < -0.39 is 0 Å². The van der Waals surface area contributed by atoms with Gasteiger partial charge in [0.25, 0.3) is 0 Å². The quantitative estimate of drug-likeness (QED) is 0.766. The zero-order chi connectivity index (χ0) is 15.7. The molecular weight excluding hydrogens is 302 g/mol. The van der Waals surface area contributed by atoms with Gasteiger partial charge in [0.2, 0.25) is 11.8 Å². The fraction of sp³-hybridized carbons (Fsp3) is 0.643. The van der Waals surface area contributed by atoms with Crippen molar-refractivity contribution in [1.29, 1.82) is 0 Å². The second kappa shape index (κ2) is 6.20. The highest BCUT2D eigenvalue weighted by Gasteiger charge is 2.36. The summed E-state index contributed by atoms with van der Waals surface area (Å²) in [6.07, 6.45) is 3.84. The number of thioether (sulfide) groups is 1. The molecule has 120 valence electrons. The van der Waals surface area contributed by atoms with Crippen molar-refractivity contribution in [3.05, 3.63) is 12.4 Å². The number of hydrogen-bond acceptors (Lipinski definition) is 5. The van der Waals surface area contributed by atoms with Crippen LogP contribution in [0.25, 0.3) is 0 Å². The number of carbonyl (C=O) groups excluding carboxylic acids is 2. The second-order valence-electron chi connectivity index (χ2n) is 5.69. The highest BCUT2D eigenvalue weighted by atomic mass is 32.2. The van der Waals surface area contributed by atoms with Gasteiger partial charge in [0.05, 0.1) is 17.8 Å². The third-order valence-corrected chi connectivity index (χ3v) is 5.23. The van der Waals surface area contributed by atoms with Crippen molar-refractivity contribution >= 4 is 29.3 Å². The minimum atomic E-state index is -0.285. The van der Waals surface area contributed by atoms with Crippen LogP contribution in [0.1, 0.15) is 6.92 Å². The van der Waals surface area contributed by atoms with Gasteiger partial charge in [-0.15, -0.1) is 11.8 Å². The van der Waals surface area contributed by atoms with Gasteiger partial charge in [-0.05, 0) is 0 Å². The molecule has 7 nitrogen and oxygen atoms in total. The summed E-state index contributed by atoms with van der Waals surface area (Å²) in [5, 5.41) is 4.19. The van der Waals surface area contributed by atoms with Crippen LogP contribution in [0.5, 0.6) is 0 Å². The molecule has 1 aromatic rings. The van der Waals surface area contributed by atoms with E-state index in [0.717, 1.165) is 18.8 Å². The minimum absolute atomic E-state index is 0.0163. The molecule has 3 rings (SSSR count). The second-order valence-corrected chi connectivity index (χ2v) is 6.69. The fourth-order valence-corrected chi connectivity index (χ4v) is 4.13. The molecule has 1 atom stereocenters. The third-order valence-electron chi connectivity index (χ3n) is 4.22. The highest BCUT2D eigenvalue weighted by molar-refractivity contribution is 7.99. The zero-order valence-electron chi connectivity index (χ0n) is 12.9. The molecule has 8 heteroatoms. The Hall–Kier alpha value is -1.70. The lowest BCUT2D eigenvalue weighted by atomic mass is 10.2. The molecule has 2 amide bonds. The van der Waals surface area contributed by atoms with Gasteiger partial charge < -0.3 is 14.7 Å². The van der Waals surface area contributed by atoms with Crippen molar-refractivity contribution in [2.75, 3.05) is 42.7 Å². The molecule has 2 saturated heterocycles. The number of nitrogens with zero attached hydrogens (tertiary/aromatic N) is 5. The number of aryl methyl sites for hydroxylation is 1. The lowest BCUT2D eigenvalue weighted by Crippen LogP contribution is -2.55. The highest BCUT2D eigenvalue weighted by Crippen LogP contribution is 2.23. The van der Waals surface area contributed by atoms with Gasteiger partial charge in [0.1, 0.15) is 6.04 Å². The van der Waals surface area contributed by atoms with Crippen LogP contribution in [0.2, 0.25) is 0 Å². The van der Waals surface area contributed by atoms with Crippen LogP contribution in [0, 0.1) is 0 Å². The van der Waals surface area contributed by atoms with Crippen molar-refractivity contribution in [2.45, 2.75) is 13.0 Å².